The second-order valence-corrected chi connectivity index (χ2v) is 7.42. The van der Waals surface area contributed by atoms with Crippen molar-refractivity contribution < 1.29 is 9.53 Å². The lowest BCUT2D eigenvalue weighted by Gasteiger charge is -2.22. The van der Waals surface area contributed by atoms with Crippen molar-refractivity contribution in [2.45, 2.75) is 58.5 Å². The van der Waals surface area contributed by atoms with Crippen molar-refractivity contribution in [1.82, 2.24) is 0 Å². The van der Waals surface area contributed by atoms with Crippen LogP contribution in [-0.4, -0.2) is 11.7 Å². The molecule has 0 saturated heterocycles. The Morgan fingerprint density at radius 1 is 1.44 bits per heavy atom. The zero-order chi connectivity index (χ0) is 13.6. The summed E-state index contributed by atoms with van der Waals surface area (Å²) in [6, 6.07) is 0. The molecule has 1 N–H and O–H groups in total. The van der Waals surface area contributed by atoms with Gasteiger partial charge in [0.05, 0.1) is 5.69 Å². The minimum atomic E-state index is -0.460. The van der Waals surface area contributed by atoms with Crippen LogP contribution in [0.2, 0.25) is 0 Å². The molecule has 0 spiro atoms. The van der Waals surface area contributed by atoms with Gasteiger partial charge in [-0.05, 0) is 44.6 Å². The lowest BCUT2D eigenvalue weighted by atomic mass is 9.87. The fourth-order valence-corrected chi connectivity index (χ4v) is 3.54. The molecule has 0 atom stereocenters. The Labute approximate surface area is 113 Å². The first-order chi connectivity index (χ1) is 8.19. The van der Waals surface area contributed by atoms with Crippen molar-refractivity contribution in [2.75, 3.05) is 5.32 Å². The Morgan fingerprint density at radius 3 is 2.72 bits per heavy atom. The first-order valence-electron chi connectivity index (χ1n) is 6.30. The molecular weight excluding hydrogens is 246 g/mol. The van der Waals surface area contributed by atoms with E-state index in [1.165, 1.54) is 10.4 Å². The molecule has 0 unspecified atom stereocenters. The van der Waals surface area contributed by atoms with Gasteiger partial charge < -0.3 is 4.74 Å². The molecule has 1 aliphatic carbocycles. The molecule has 3 nitrogen and oxygen atoms in total. The van der Waals surface area contributed by atoms with Crippen LogP contribution in [0, 0.1) is 0 Å². The van der Waals surface area contributed by atoms with Gasteiger partial charge in [0.2, 0.25) is 0 Å². The van der Waals surface area contributed by atoms with E-state index in [1.807, 2.05) is 26.2 Å². The van der Waals surface area contributed by atoms with Gasteiger partial charge in [0.25, 0.3) is 0 Å². The maximum Gasteiger partial charge on any atom is 0.412 e. The molecule has 1 amide bonds. The van der Waals surface area contributed by atoms with E-state index in [0.717, 1.165) is 18.5 Å². The molecule has 0 aromatic carbocycles. The van der Waals surface area contributed by atoms with Crippen molar-refractivity contribution in [2.24, 2.45) is 0 Å². The van der Waals surface area contributed by atoms with Crippen LogP contribution in [-0.2, 0) is 16.6 Å². The number of nitrogens with one attached hydrogen (secondary N) is 1. The molecule has 0 aliphatic heterocycles. The van der Waals surface area contributed by atoms with Gasteiger partial charge in [-0.2, -0.15) is 0 Å². The van der Waals surface area contributed by atoms with Crippen LogP contribution >= 0.6 is 11.3 Å². The Bertz CT molecular complexity index is 469. The lowest BCUT2D eigenvalue weighted by Crippen LogP contribution is -2.28. The quantitative estimate of drug-likeness (QED) is 0.823. The number of fused-ring (bicyclic) bond motifs is 1. The Balaban J connectivity index is 2.15. The number of hydrogen-bond acceptors (Lipinski definition) is 3. The third-order valence-electron chi connectivity index (χ3n) is 3.16. The number of carbonyl (C=O) groups excluding carboxylic acids is 1. The summed E-state index contributed by atoms with van der Waals surface area (Å²) >= 11 is 1.73. The van der Waals surface area contributed by atoms with Crippen molar-refractivity contribution in [1.29, 1.82) is 0 Å². The Morgan fingerprint density at radius 2 is 2.11 bits per heavy atom. The van der Waals surface area contributed by atoms with Crippen LogP contribution in [0.25, 0.3) is 0 Å². The highest BCUT2D eigenvalue weighted by molar-refractivity contribution is 7.10. The molecule has 18 heavy (non-hydrogen) atoms. The van der Waals surface area contributed by atoms with E-state index in [-0.39, 0.29) is 11.5 Å². The van der Waals surface area contributed by atoms with Crippen molar-refractivity contribution in [3.05, 3.63) is 15.8 Å². The number of anilines is 1. The second kappa shape index (κ2) is 4.26. The molecule has 100 valence electrons. The Kier molecular flexibility index (Phi) is 3.18. The van der Waals surface area contributed by atoms with Crippen LogP contribution in [0.4, 0.5) is 10.5 Å². The number of amides is 1. The summed E-state index contributed by atoms with van der Waals surface area (Å²) in [5.41, 5.74) is 1.91. The summed E-state index contributed by atoms with van der Waals surface area (Å²) in [4.78, 5) is 13.2. The van der Waals surface area contributed by atoms with E-state index in [4.69, 9.17) is 4.74 Å². The van der Waals surface area contributed by atoms with Crippen LogP contribution in [0.3, 0.4) is 0 Å². The van der Waals surface area contributed by atoms with Crippen molar-refractivity contribution in [3.63, 3.8) is 0 Å². The number of carbonyl (C=O) groups is 1. The number of hydrogen-bond donors (Lipinski definition) is 1. The maximum atomic E-state index is 11.8. The summed E-state index contributed by atoms with van der Waals surface area (Å²) in [7, 11) is 0. The van der Waals surface area contributed by atoms with Crippen molar-refractivity contribution >= 4 is 23.1 Å². The topological polar surface area (TPSA) is 38.3 Å². The van der Waals surface area contributed by atoms with Gasteiger partial charge in [-0.25, -0.2) is 4.79 Å². The average Bonchev–Trinajstić information content (AvgIpc) is 2.67. The van der Waals surface area contributed by atoms with Crippen LogP contribution in [0.1, 0.15) is 51.5 Å². The number of ether oxygens (including phenoxy) is 1. The molecule has 1 aromatic heterocycles. The summed E-state index contributed by atoms with van der Waals surface area (Å²) in [6.07, 6.45) is 1.90. The highest BCUT2D eigenvalue weighted by atomic mass is 32.1. The van der Waals surface area contributed by atoms with Crippen molar-refractivity contribution in [3.8, 4) is 0 Å². The number of rotatable bonds is 1. The minimum absolute atomic E-state index is 0.152. The van der Waals surface area contributed by atoms with Crippen LogP contribution in [0.15, 0.2) is 5.38 Å². The molecule has 1 aromatic rings. The van der Waals surface area contributed by atoms with Gasteiger partial charge in [-0.3, -0.25) is 5.32 Å². The number of aryl methyl sites for hydroxylation is 1. The van der Waals surface area contributed by atoms with Crippen LogP contribution < -0.4 is 5.32 Å². The molecule has 0 fully saturated rings. The van der Waals surface area contributed by atoms with Gasteiger partial charge >= 0.3 is 6.09 Å². The van der Waals surface area contributed by atoms with E-state index in [0.29, 0.717) is 0 Å². The first-order valence-corrected chi connectivity index (χ1v) is 7.18. The zero-order valence-corrected chi connectivity index (χ0v) is 12.5. The third kappa shape index (κ3) is 2.69. The van der Waals surface area contributed by atoms with Gasteiger partial charge in [-0.15, -0.1) is 11.3 Å². The molecular formula is C14H21NO2S. The van der Waals surface area contributed by atoms with E-state index >= 15 is 0 Å². The average molecular weight is 267 g/mol. The van der Waals surface area contributed by atoms with E-state index in [2.05, 4.69) is 19.2 Å². The van der Waals surface area contributed by atoms with Gasteiger partial charge in [0.1, 0.15) is 5.60 Å². The fraction of sp³-hybridized carbons (Fsp3) is 0.643. The lowest BCUT2D eigenvalue weighted by molar-refractivity contribution is 0.0636. The predicted octanol–water partition coefficient (Wildman–Crippen LogP) is 4.32. The molecule has 1 aliphatic rings. The van der Waals surface area contributed by atoms with Crippen LogP contribution in [0.5, 0.6) is 0 Å². The molecule has 4 heteroatoms. The van der Waals surface area contributed by atoms with Gasteiger partial charge in [0.15, 0.2) is 0 Å². The minimum Gasteiger partial charge on any atom is -0.444 e. The first kappa shape index (κ1) is 13.4. The molecule has 0 bridgehead atoms. The number of thiophene rings is 1. The molecule has 0 radical (unpaired) electrons. The third-order valence-corrected chi connectivity index (χ3v) is 4.20. The molecule has 2 rings (SSSR count). The summed E-state index contributed by atoms with van der Waals surface area (Å²) in [5.74, 6) is 0. The van der Waals surface area contributed by atoms with Gasteiger partial charge in [0, 0.05) is 10.3 Å². The SMILES string of the molecule is CC(C)(C)OC(=O)Nc1csc2c1C(C)(C)CC2. The van der Waals surface area contributed by atoms with Gasteiger partial charge in [-0.1, -0.05) is 13.8 Å². The fourth-order valence-electron chi connectivity index (χ4n) is 2.38. The van der Waals surface area contributed by atoms with E-state index < -0.39 is 5.60 Å². The predicted molar refractivity (Wildman–Crippen MR) is 75.5 cm³/mol. The normalized spacial score (nSPS) is 17.4. The molecule has 1 heterocycles. The largest absolute Gasteiger partial charge is 0.444 e. The Hall–Kier alpha value is -1.03. The smallest absolute Gasteiger partial charge is 0.412 e. The zero-order valence-electron chi connectivity index (χ0n) is 11.7. The monoisotopic (exact) mass is 267 g/mol. The standard InChI is InChI=1S/C14H21NO2S/c1-13(2,3)17-12(16)15-9-8-18-10-6-7-14(4,5)11(9)10/h8H,6-7H2,1-5H3,(H,15,16). The summed E-state index contributed by atoms with van der Waals surface area (Å²) in [6.45, 7) is 10.1. The second-order valence-electron chi connectivity index (χ2n) is 6.46. The molecule has 0 saturated carbocycles. The summed E-state index contributed by atoms with van der Waals surface area (Å²) in [5, 5.41) is 4.91. The highest BCUT2D eigenvalue weighted by Crippen LogP contribution is 2.46. The van der Waals surface area contributed by atoms with E-state index in [9.17, 15) is 4.79 Å². The highest BCUT2D eigenvalue weighted by Gasteiger charge is 2.34. The maximum absolute atomic E-state index is 11.8. The van der Waals surface area contributed by atoms with E-state index in [1.54, 1.807) is 11.3 Å². The summed E-state index contributed by atoms with van der Waals surface area (Å²) < 4.78 is 5.29.